The molecule has 3 heteroatoms. The first-order valence-corrected chi connectivity index (χ1v) is 5.84. The van der Waals surface area contributed by atoms with Gasteiger partial charge in [-0.15, -0.1) is 0 Å². The molecule has 2 aromatic carbocycles. The summed E-state index contributed by atoms with van der Waals surface area (Å²) in [6, 6.07) is 15.3. The van der Waals surface area contributed by atoms with Crippen molar-refractivity contribution in [3.8, 4) is 5.75 Å². The van der Waals surface area contributed by atoms with Crippen LogP contribution in [0.15, 0.2) is 48.5 Å². The van der Waals surface area contributed by atoms with Crippen LogP contribution in [0.25, 0.3) is 0 Å². The summed E-state index contributed by atoms with van der Waals surface area (Å²) < 4.78 is 5.31. The van der Waals surface area contributed by atoms with Crippen LogP contribution in [-0.2, 0) is 6.54 Å². The molecule has 1 aliphatic heterocycles. The molecule has 90 valence electrons. The number of hydrogen-bond acceptors (Lipinski definition) is 2. The van der Waals surface area contributed by atoms with Crippen molar-refractivity contribution in [2.75, 3.05) is 12.0 Å². The van der Waals surface area contributed by atoms with Crippen molar-refractivity contribution in [1.29, 1.82) is 0 Å². The highest BCUT2D eigenvalue weighted by molar-refractivity contribution is 6.10. The van der Waals surface area contributed by atoms with E-state index in [-0.39, 0.29) is 5.91 Å². The summed E-state index contributed by atoms with van der Waals surface area (Å²) in [7, 11) is 1.63. The predicted molar refractivity (Wildman–Crippen MR) is 69.9 cm³/mol. The number of carbonyl (C=O) groups is 1. The van der Waals surface area contributed by atoms with E-state index >= 15 is 0 Å². The second-order valence-corrected chi connectivity index (χ2v) is 4.21. The van der Waals surface area contributed by atoms with Gasteiger partial charge in [0.05, 0.1) is 13.7 Å². The average molecular weight is 239 g/mol. The van der Waals surface area contributed by atoms with Gasteiger partial charge in [0.25, 0.3) is 5.91 Å². The van der Waals surface area contributed by atoms with Crippen molar-refractivity contribution in [1.82, 2.24) is 0 Å². The van der Waals surface area contributed by atoms with Crippen LogP contribution in [0.4, 0.5) is 5.69 Å². The molecule has 3 nitrogen and oxygen atoms in total. The van der Waals surface area contributed by atoms with Gasteiger partial charge in [0.1, 0.15) is 5.75 Å². The highest BCUT2D eigenvalue weighted by Crippen LogP contribution is 2.33. The van der Waals surface area contributed by atoms with Gasteiger partial charge in [0, 0.05) is 16.8 Å². The molecule has 1 heterocycles. The van der Waals surface area contributed by atoms with Gasteiger partial charge in [-0.2, -0.15) is 0 Å². The largest absolute Gasteiger partial charge is 0.496 e. The van der Waals surface area contributed by atoms with Gasteiger partial charge in [-0.3, -0.25) is 4.79 Å². The van der Waals surface area contributed by atoms with Crippen molar-refractivity contribution < 1.29 is 9.53 Å². The maximum absolute atomic E-state index is 12.3. The number of rotatable bonds is 2. The molecule has 0 spiro atoms. The molecule has 0 unspecified atom stereocenters. The van der Waals surface area contributed by atoms with Crippen LogP contribution >= 0.6 is 0 Å². The fourth-order valence-electron chi connectivity index (χ4n) is 2.31. The lowest BCUT2D eigenvalue weighted by atomic mass is 10.1. The summed E-state index contributed by atoms with van der Waals surface area (Å²) in [5.74, 6) is 0.814. The monoisotopic (exact) mass is 239 g/mol. The Hall–Kier alpha value is -2.29. The van der Waals surface area contributed by atoms with Crippen molar-refractivity contribution >= 4 is 11.6 Å². The Morgan fingerprint density at radius 1 is 1.06 bits per heavy atom. The summed E-state index contributed by atoms with van der Waals surface area (Å²) >= 11 is 0. The molecule has 0 bridgehead atoms. The zero-order valence-corrected chi connectivity index (χ0v) is 10.1. The molecule has 1 amide bonds. The summed E-state index contributed by atoms with van der Waals surface area (Å²) in [5, 5.41) is 0. The Balaban J connectivity index is 2.04. The van der Waals surface area contributed by atoms with Crippen LogP contribution in [0.5, 0.6) is 5.75 Å². The molecule has 2 aromatic rings. The van der Waals surface area contributed by atoms with Crippen molar-refractivity contribution in [2.45, 2.75) is 6.54 Å². The van der Waals surface area contributed by atoms with Gasteiger partial charge in [0.2, 0.25) is 0 Å². The fraction of sp³-hybridized carbons (Fsp3) is 0.133. The molecule has 0 fully saturated rings. The maximum Gasteiger partial charge on any atom is 0.259 e. The molecule has 1 aliphatic rings. The molecule has 0 saturated heterocycles. The van der Waals surface area contributed by atoms with Crippen LogP contribution < -0.4 is 9.64 Å². The van der Waals surface area contributed by atoms with E-state index in [1.54, 1.807) is 12.0 Å². The van der Waals surface area contributed by atoms with E-state index < -0.39 is 0 Å². The lowest BCUT2D eigenvalue weighted by Crippen LogP contribution is -2.22. The number of carbonyl (C=O) groups excluding carboxylic acids is 1. The number of fused-ring (bicyclic) bond motifs is 1. The van der Waals surface area contributed by atoms with Gasteiger partial charge >= 0.3 is 0 Å². The van der Waals surface area contributed by atoms with Gasteiger partial charge in [-0.05, 0) is 24.3 Å². The van der Waals surface area contributed by atoms with E-state index in [4.69, 9.17) is 4.74 Å². The first kappa shape index (κ1) is 10.8. The Kier molecular flexibility index (Phi) is 2.52. The van der Waals surface area contributed by atoms with Crippen molar-refractivity contribution in [3.05, 3.63) is 59.7 Å². The quantitative estimate of drug-likeness (QED) is 0.806. The number of methoxy groups -OCH3 is 1. The van der Waals surface area contributed by atoms with Gasteiger partial charge in [0.15, 0.2) is 0 Å². The van der Waals surface area contributed by atoms with E-state index in [9.17, 15) is 4.79 Å². The second-order valence-electron chi connectivity index (χ2n) is 4.21. The Bertz CT molecular complexity index is 593. The summed E-state index contributed by atoms with van der Waals surface area (Å²) in [6.07, 6.45) is 0. The molecule has 0 aliphatic carbocycles. The highest BCUT2D eigenvalue weighted by Gasteiger charge is 2.30. The second kappa shape index (κ2) is 4.18. The first-order valence-electron chi connectivity index (χ1n) is 5.84. The maximum atomic E-state index is 12.3. The minimum atomic E-state index is 0.0371. The molecule has 3 rings (SSSR count). The highest BCUT2D eigenvalue weighted by atomic mass is 16.5. The molecule has 0 aromatic heterocycles. The van der Waals surface area contributed by atoms with Crippen LogP contribution in [0.3, 0.4) is 0 Å². The predicted octanol–water partition coefficient (Wildman–Crippen LogP) is 2.86. The number of nitrogens with zero attached hydrogens (tertiary/aromatic N) is 1. The number of benzene rings is 2. The third-order valence-electron chi connectivity index (χ3n) is 3.21. The van der Waals surface area contributed by atoms with Gasteiger partial charge in [-0.1, -0.05) is 24.3 Å². The topological polar surface area (TPSA) is 29.5 Å². The lowest BCUT2D eigenvalue weighted by molar-refractivity contribution is 0.0996. The van der Waals surface area contributed by atoms with E-state index in [0.29, 0.717) is 6.54 Å². The summed E-state index contributed by atoms with van der Waals surface area (Å²) in [6.45, 7) is 0.572. The first-order chi connectivity index (χ1) is 8.81. The zero-order chi connectivity index (χ0) is 12.5. The number of anilines is 1. The van der Waals surface area contributed by atoms with Crippen LogP contribution in [0.2, 0.25) is 0 Å². The standard InChI is InChI=1S/C15H13NO2/c1-18-14-9-5-8-12-13(14)10-16(15(12)17)11-6-3-2-4-7-11/h2-9H,10H2,1H3. The Labute approximate surface area is 106 Å². The SMILES string of the molecule is COc1cccc2c1CN(c1ccccc1)C2=O. The number of amides is 1. The average Bonchev–Trinajstić information content (AvgIpc) is 2.77. The van der Waals surface area contributed by atoms with E-state index in [1.165, 1.54) is 0 Å². The van der Waals surface area contributed by atoms with Gasteiger partial charge in [-0.25, -0.2) is 0 Å². The third-order valence-corrected chi connectivity index (χ3v) is 3.21. The summed E-state index contributed by atoms with van der Waals surface area (Å²) in [5.41, 5.74) is 2.62. The van der Waals surface area contributed by atoms with E-state index in [1.807, 2.05) is 48.5 Å². The minimum absolute atomic E-state index is 0.0371. The van der Waals surface area contributed by atoms with Crippen molar-refractivity contribution in [3.63, 3.8) is 0 Å². The van der Waals surface area contributed by atoms with Crippen LogP contribution in [-0.4, -0.2) is 13.0 Å². The molecule has 0 radical (unpaired) electrons. The molecule has 0 saturated carbocycles. The normalized spacial score (nSPS) is 13.6. The molecule has 18 heavy (non-hydrogen) atoms. The van der Waals surface area contributed by atoms with Crippen molar-refractivity contribution in [2.24, 2.45) is 0 Å². The van der Waals surface area contributed by atoms with Crippen LogP contribution in [0.1, 0.15) is 15.9 Å². The number of para-hydroxylation sites is 1. The smallest absolute Gasteiger partial charge is 0.259 e. The summed E-state index contributed by atoms with van der Waals surface area (Å²) in [4.78, 5) is 14.1. The fourth-order valence-corrected chi connectivity index (χ4v) is 2.31. The third kappa shape index (κ3) is 1.56. The molecular formula is C15H13NO2. The molecular weight excluding hydrogens is 226 g/mol. The number of ether oxygens (including phenoxy) is 1. The van der Waals surface area contributed by atoms with Gasteiger partial charge < -0.3 is 9.64 Å². The Morgan fingerprint density at radius 2 is 1.83 bits per heavy atom. The molecule has 0 N–H and O–H groups in total. The van der Waals surface area contributed by atoms with Crippen LogP contribution in [0, 0.1) is 0 Å². The number of hydrogen-bond donors (Lipinski definition) is 0. The molecule has 0 atom stereocenters. The lowest BCUT2D eigenvalue weighted by Gasteiger charge is -2.15. The van der Waals surface area contributed by atoms with E-state index in [0.717, 1.165) is 22.6 Å². The Morgan fingerprint density at radius 3 is 2.56 bits per heavy atom. The van der Waals surface area contributed by atoms with E-state index in [2.05, 4.69) is 0 Å². The minimum Gasteiger partial charge on any atom is -0.496 e. The zero-order valence-electron chi connectivity index (χ0n) is 10.1.